The Kier molecular flexibility index (Phi) is 4.31. The van der Waals surface area contributed by atoms with Gasteiger partial charge in [-0.1, -0.05) is 0 Å². The average molecular weight is 241 g/mol. The first-order chi connectivity index (χ1) is 7.70. The van der Waals surface area contributed by atoms with Crippen molar-refractivity contribution in [1.29, 1.82) is 0 Å². The van der Waals surface area contributed by atoms with Crippen LogP contribution < -0.4 is 0 Å². The monoisotopic (exact) mass is 241 g/mol. The number of carbonyl (C=O) groups excluding carboxylic acids is 1. The molecule has 1 saturated carbocycles. The fourth-order valence-electron chi connectivity index (χ4n) is 3.18. The van der Waals surface area contributed by atoms with Crippen molar-refractivity contribution >= 4 is 17.5 Å². The van der Waals surface area contributed by atoms with E-state index in [0.29, 0.717) is 11.8 Å². The van der Waals surface area contributed by atoms with Crippen LogP contribution in [0, 0.1) is 0 Å². The van der Waals surface area contributed by atoms with E-state index in [2.05, 4.69) is 18.1 Å². The van der Waals surface area contributed by atoms with Gasteiger partial charge in [0.05, 0.1) is 0 Å². The van der Waals surface area contributed by atoms with Crippen LogP contribution in [-0.4, -0.2) is 40.8 Å². The molecule has 1 atom stereocenters. The Bertz CT molecular complexity index is 248. The first kappa shape index (κ1) is 12.4. The second-order valence-electron chi connectivity index (χ2n) is 5.25. The molecule has 0 aromatic rings. The predicted molar refractivity (Wildman–Crippen MR) is 70.0 cm³/mol. The second-order valence-corrected chi connectivity index (χ2v) is 6.38. The molecule has 3 heteroatoms. The molecule has 0 spiro atoms. The molecule has 1 saturated heterocycles. The van der Waals surface area contributed by atoms with Gasteiger partial charge in [0.1, 0.15) is 5.78 Å². The summed E-state index contributed by atoms with van der Waals surface area (Å²) in [7, 11) is 0. The quantitative estimate of drug-likeness (QED) is 0.741. The first-order valence-corrected chi connectivity index (χ1v) is 7.79. The molecule has 0 N–H and O–H groups in total. The van der Waals surface area contributed by atoms with Crippen LogP contribution in [0.3, 0.4) is 0 Å². The Balaban J connectivity index is 1.86. The number of rotatable bonds is 2. The number of hydrogen-bond donors (Lipinski definition) is 0. The number of hydrogen-bond acceptors (Lipinski definition) is 3. The smallest absolute Gasteiger partial charge is 0.135 e. The summed E-state index contributed by atoms with van der Waals surface area (Å²) in [6.45, 7) is 3.23. The van der Waals surface area contributed by atoms with Crippen LogP contribution >= 0.6 is 11.8 Å². The molecule has 16 heavy (non-hydrogen) atoms. The van der Waals surface area contributed by atoms with Gasteiger partial charge in [0, 0.05) is 36.7 Å². The van der Waals surface area contributed by atoms with Crippen LogP contribution in [0.25, 0.3) is 0 Å². The first-order valence-electron chi connectivity index (χ1n) is 6.51. The minimum absolute atomic E-state index is 0.460. The number of likely N-dealkylation sites (tertiary alicyclic amines) is 1. The van der Waals surface area contributed by atoms with Gasteiger partial charge in [-0.2, -0.15) is 11.8 Å². The third-order valence-corrected chi connectivity index (χ3v) is 5.32. The fraction of sp³-hybridized carbons (Fsp3) is 0.923. The predicted octanol–water partition coefficient (Wildman–Crippen LogP) is 2.71. The fourth-order valence-corrected chi connectivity index (χ4v) is 3.92. The normalized spacial score (nSPS) is 37.6. The van der Waals surface area contributed by atoms with E-state index < -0.39 is 0 Å². The highest BCUT2D eigenvalue weighted by atomic mass is 32.2. The highest BCUT2D eigenvalue weighted by molar-refractivity contribution is 7.99. The lowest BCUT2D eigenvalue weighted by Gasteiger charge is -2.42. The van der Waals surface area contributed by atoms with Gasteiger partial charge in [-0.3, -0.25) is 9.69 Å². The molecule has 2 nitrogen and oxygen atoms in total. The Morgan fingerprint density at radius 3 is 2.50 bits per heavy atom. The van der Waals surface area contributed by atoms with Crippen LogP contribution in [0.15, 0.2) is 0 Å². The maximum Gasteiger partial charge on any atom is 0.135 e. The van der Waals surface area contributed by atoms with Gasteiger partial charge >= 0.3 is 0 Å². The number of nitrogens with zero attached hydrogens (tertiary/aromatic N) is 1. The molecule has 1 heterocycles. The standard InChI is InChI=1S/C13H23NOS/c1-10-9-12(15)7-8-14(10)11-3-5-13(16-2)6-4-11/h10-11,13H,3-9H2,1-2H3. The van der Waals surface area contributed by atoms with Crippen LogP contribution in [0.5, 0.6) is 0 Å². The largest absolute Gasteiger partial charge is 0.300 e. The maximum atomic E-state index is 11.4. The molecule has 1 aliphatic carbocycles. The molecule has 1 aliphatic heterocycles. The van der Waals surface area contributed by atoms with Gasteiger partial charge in [-0.15, -0.1) is 0 Å². The molecule has 0 amide bonds. The lowest BCUT2D eigenvalue weighted by atomic mass is 9.90. The summed E-state index contributed by atoms with van der Waals surface area (Å²) in [6.07, 6.45) is 9.20. The molecule has 2 rings (SSSR count). The van der Waals surface area contributed by atoms with E-state index in [0.717, 1.165) is 30.7 Å². The summed E-state index contributed by atoms with van der Waals surface area (Å²) >= 11 is 2.02. The van der Waals surface area contributed by atoms with Crippen molar-refractivity contribution in [1.82, 2.24) is 4.90 Å². The van der Waals surface area contributed by atoms with Gasteiger partial charge in [0.2, 0.25) is 0 Å². The number of thioether (sulfide) groups is 1. The number of Topliss-reactive ketones (excluding diaryl/α,β-unsaturated/α-hetero) is 1. The number of carbonyl (C=O) groups is 1. The van der Waals surface area contributed by atoms with Crippen molar-refractivity contribution in [2.24, 2.45) is 0 Å². The topological polar surface area (TPSA) is 20.3 Å². The Labute approximate surface area is 103 Å². The summed E-state index contributed by atoms with van der Waals surface area (Å²) in [6, 6.07) is 1.24. The lowest BCUT2D eigenvalue weighted by molar-refractivity contribution is -0.123. The van der Waals surface area contributed by atoms with Gasteiger partial charge in [0.25, 0.3) is 0 Å². The van der Waals surface area contributed by atoms with E-state index >= 15 is 0 Å². The zero-order valence-electron chi connectivity index (χ0n) is 10.4. The highest BCUT2D eigenvalue weighted by Gasteiger charge is 2.31. The summed E-state index contributed by atoms with van der Waals surface area (Å²) in [5, 5.41) is 0.887. The van der Waals surface area contributed by atoms with Crippen molar-refractivity contribution in [2.75, 3.05) is 12.8 Å². The van der Waals surface area contributed by atoms with Gasteiger partial charge in [-0.25, -0.2) is 0 Å². The molecular formula is C13H23NOS. The van der Waals surface area contributed by atoms with E-state index in [9.17, 15) is 4.79 Å². The average Bonchev–Trinajstić information content (AvgIpc) is 2.29. The molecular weight excluding hydrogens is 218 g/mol. The third kappa shape index (κ3) is 2.80. The Morgan fingerprint density at radius 2 is 1.94 bits per heavy atom. The SMILES string of the molecule is CSC1CCC(N2CCC(=O)CC2C)CC1. The van der Waals surface area contributed by atoms with Gasteiger partial charge < -0.3 is 0 Å². The molecule has 0 bridgehead atoms. The van der Waals surface area contributed by atoms with E-state index in [-0.39, 0.29) is 0 Å². The van der Waals surface area contributed by atoms with Crippen molar-refractivity contribution in [3.8, 4) is 0 Å². The Hall–Kier alpha value is -0.0200. The zero-order chi connectivity index (χ0) is 11.5. The summed E-state index contributed by atoms with van der Waals surface area (Å²) < 4.78 is 0. The molecule has 0 aromatic heterocycles. The molecule has 0 radical (unpaired) electrons. The Morgan fingerprint density at radius 1 is 1.25 bits per heavy atom. The zero-order valence-corrected chi connectivity index (χ0v) is 11.3. The second kappa shape index (κ2) is 5.54. The molecule has 1 unspecified atom stereocenters. The molecule has 2 aliphatic rings. The van der Waals surface area contributed by atoms with Crippen LogP contribution in [0.2, 0.25) is 0 Å². The lowest BCUT2D eigenvalue weighted by Crippen LogP contribution is -2.48. The van der Waals surface area contributed by atoms with E-state index in [1.54, 1.807) is 0 Å². The molecule has 0 aromatic carbocycles. The van der Waals surface area contributed by atoms with Crippen LogP contribution in [-0.2, 0) is 4.79 Å². The minimum atomic E-state index is 0.460. The van der Waals surface area contributed by atoms with E-state index in [1.807, 2.05) is 11.8 Å². The van der Waals surface area contributed by atoms with Crippen LogP contribution in [0.4, 0.5) is 0 Å². The van der Waals surface area contributed by atoms with Crippen molar-refractivity contribution < 1.29 is 4.79 Å². The highest BCUT2D eigenvalue weighted by Crippen LogP contribution is 2.31. The van der Waals surface area contributed by atoms with Gasteiger partial charge in [-0.05, 0) is 38.9 Å². The van der Waals surface area contributed by atoms with Crippen molar-refractivity contribution in [2.45, 2.75) is 62.8 Å². The number of ketones is 1. The number of piperidine rings is 1. The summed E-state index contributed by atoms with van der Waals surface area (Å²) in [5.74, 6) is 0.460. The summed E-state index contributed by atoms with van der Waals surface area (Å²) in [5.41, 5.74) is 0. The minimum Gasteiger partial charge on any atom is -0.300 e. The van der Waals surface area contributed by atoms with E-state index in [4.69, 9.17) is 0 Å². The molecule has 92 valence electrons. The van der Waals surface area contributed by atoms with Crippen molar-refractivity contribution in [3.63, 3.8) is 0 Å². The summed E-state index contributed by atoms with van der Waals surface area (Å²) in [4.78, 5) is 14.0. The molecule has 2 fully saturated rings. The van der Waals surface area contributed by atoms with Gasteiger partial charge in [0.15, 0.2) is 0 Å². The van der Waals surface area contributed by atoms with Crippen LogP contribution in [0.1, 0.15) is 45.4 Å². The van der Waals surface area contributed by atoms with Crippen molar-refractivity contribution in [3.05, 3.63) is 0 Å². The maximum absolute atomic E-state index is 11.4. The third-order valence-electron chi connectivity index (χ3n) is 4.18. The van der Waals surface area contributed by atoms with E-state index in [1.165, 1.54) is 25.7 Å².